The Labute approximate surface area is 82.4 Å². The van der Waals surface area contributed by atoms with Crippen LogP contribution in [0.3, 0.4) is 0 Å². The van der Waals surface area contributed by atoms with E-state index in [-0.39, 0.29) is 17.5 Å². The van der Waals surface area contributed by atoms with Crippen molar-refractivity contribution >= 4 is 11.9 Å². The van der Waals surface area contributed by atoms with Crippen molar-refractivity contribution < 1.29 is 14.3 Å². The van der Waals surface area contributed by atoms with Crippen LogP contribution in [0.15, 0.2) is 0 Å². The Morgan fingerprint density at radius 3 is 2.71 bits per heavy atom. The van der Waals surface area contributed by atoms with Crippen molar-refractivity contribution in [2.45, 2.75) is 24.8 Å². The molecule has 1 aliphatic heterocycles. The lowest BCUT2D eigenvalue weighted by atomic mass is 10.2. The fraction of sp³-hybridized carbons (Fsp3) is 0.778. The molecule has 1 saturated carbocycles. The van der Waals surface area contributed by atoms with E-state index in [1.165, 1.54) is 0 Å². The smallest absolute Gasteiger partial charge is 0.324 e. The van der Waals surface area contributed by atoms with E-state index < -0.39 is 0 Å². The molecule has 3 amide bonds. The number of urea groups is 1. The Hall–Kier alpha value is -1.10. The molecule has 5 heteroatoms. The summed E-state index contributed by atoms with van der Waals surface area (Å²) in [5.74, 6) is -0.181. The number of carbonyl (C=O) groups is 2. The SMILES string of the molecule is COCC1(N2CCC(=O)NC2=O)CC1. The lowest BCUT2D eigenvalue weighted by Crippen LogP contribution is -2.55. The Balaban J connectivity index is 2.04. The number of nitrogens with zero attached hydrogens (tertiary/aromatic N) is 1. The average Bonchev–Trinajstić information content (AvgIpc) is 2.86. The molecule has 5 nitrogen and oxygen atoms in total. The van der Waals surface area contributed by atoms with Gasteiger partial charge >= 0.3 is 6.03 Å². The molecular weight excluding hydrogens is 184 g/mol. The van der Waals surface area contributed by atoms with Gasteiger partial charge in [0.25, 0.3) is 0 Å². The van der Waals surface area contributed by atoms with Gasteiger partial charge in [0, 0.05) is 20.1 Å². The van der Waals surface area contributed by atoms with Crippen molar-refractivity contribution in [3.63, 3.8) is 0 Å². The van der Waals surface area contributed by atoms with Crippen LogP contribution < -0.4 is 5.32 Å². The topological polar surface area (TPSA) is 58.6 Å². The summed E-state index contributed by atoms with van der Waals surface area (Å²) in [5.41, 5.74) is -0.125. The second-order valence-electron chi connectivity index (χ2n) is 3.91. The van der Waals surface area contributed by atoms with Gasteiger partial charge in [0.2, 0.25) is 5.91 Å². The van der Waals surface area contributed by atoms with Crippen LogP contribution in [0.4, 0.5) is 4.79 Å². The first-order chi connectivity index (χ1) is 6.68. The van der Waals surface area contributed by atoms with Gasteiger partial charge in [0.15, 0.2) is 0 Å². The molecule has 1 N–H and O–H groups in total. The Bertz CT molecular complexity index is 273. The molecule has 0 spiro atoms. The highest BCUT2D eigenvalue weighted by atomic mass is 16.5. The number of rotatable bonds is 3. The molecule has 1 heterocycles. The minimum atomic E-state index is -0.268. The highest BCUT2D eigenvalue weighted by Gasteiger charge is 2.51. The predicted molar refractivity (Wildman–Crippen MR) is 48.7 cm³/mol. The summed E-state index contributed by atoms with van der Waals surface area (Å²) in [6, 6.07) is -0.268. The predicted octanol–water partition coefficient (Wildman–Crippen LogP) is 0.107. The van der Waals surface area contributed by atoms with Gasteiger partial charge in [0.05, 0.1) is 12.1 Å². The molecule has 1 saturated heterocycles. The Morgan fingerprint density at radius 1 is 1.50 bits per heavy atom. The van der Waals surface area contributed by atoms with E-state index in [0.717, 1.165) is 12.8 Å². The average molecular weight is 198 g/mol. The molecule has 14 heavy (non-hydrogen) atoms. The van der Waals surface area contributed by atoms with Crippen molar-refractivity contribution in [3.05, 3.63) is 0 Å². The normalized spacial score (nSPS) is 24.8. The molecule has 0 aromatic rings. The van der Waals surface area contributed by atoms with Crippen LogP contribution in [0.1, 0.15) is 19.3 Å². The van der Waals surface area contributed by atoms with Crippen LogP contribution in [0.2, 0.25) is 0 Å². The van der Waals surface area contributed by atoms with E-state index in [1.807, 2.05) is 0 Å². The van der Waals surface area contributed by atoms with Crippen molar-refractivity contribution in [3.8, 4) is 0 Å². The molecule has 1 aliphatic carbocycles. The van der Waals surface area contributed by atoms with Gasteiger partial charge in [-0.05, 0) is 12.8 Å². The Kier molecular flexibility index (Phi) is 2.19. The van der Waals surface area contributed by atoms with E-state index in [1.54, 1.807) is 12.0 Å². The summed E-state index contributed by atoms with van der Waals surface area (Å²) >= 11 is 0. The lowest BCUT2D eigenvalue weighted by Gasteiger charge is -2.34. The molecule has 0 aromatic heterocycles. The van der Waals surface area contributed by atoms with Gasteiger partial charge in [-0.2, -0.15) is 0 Å². The van der Waals surface area contributed by atoms with Crippen molar-refractivity contribution in [2.24, 2.45) is 0 Å². The molecule has 78 valence electrons. The number of hydrogen-bond donors (Lipinski definition) is 1. The summed E-state index contributed by atoms with van der Waals surface area (Å²) in [7, 11) is 1.63. The molecule has 0 unspecified atom stereocenters. The van der Waals surface area contributed by atoms with Crippen LogP contribution in [0.5, 0.6) is 0 Å². The van der Waals surface area contributed by atoms with Crippen molar-refractivity contribution in [1.82, 2.24) is 10.2 Å². The maximum Gasteiger partial charge on any atom is 0.324 e. The molecule has 0 radical (unpaired) electrons. The van der Waals surface area contributed by atoms with Gasteiger partial charge in [-0.25, -0.2) is 4.79 Å². The maximum absolute atomic E-state index is 11.5. The molecular formula is C9H14N2O3. The minimum Gasteiger partial charge on any atom is -0.382 e. The van der Waals surface area contributed by atoms with Crippen LogP contribution in [-0.4, -0.2) is 42.6 Å². The molecule has 2 aliphatic rings. The van der Waals surface area contributed by atoms with E-state index in [4.69, 9.17) is 4.74 Å². The molecule has 2 fully saturated rings. The number of methoxy groups -OCH3 is 1. The van der Waals surface area contributed by atoms with Crippen molar-refractivity contribution in [2.75, 3.05) is 20.3 Å². The van der Waals surface area contributed by atoms with Gasteiger partial charge in [0.1, 0.15) is 0 Å². The highest BCUT2D eigenvalue weighted by molar-refractivity contribution is 5.97. The molecule has 0 bridgehead atoms. The highest BCUT2D eigenvalue weighted by Crippen LogP contribution is 2.42. The summed E-state index contributed by atoms with van der Waals surface area (Å²) < 4.78 is 5.09. The van der Waals surface area contributed by atoms with E-state index in [0.29, 0.717) is 19.6 Å². The first-order valence-corrected chi connectivity index (χ1v) is 4.78. The molecule has 0 atom stereocenters. The second-order valence-corrected chi connectivity index (χ2v) is 3.91. The first kappa shape index (κ1) is 9.45. The first-order valence-electron chi connectivity index (χ1n) is 4.78. The van der Waals surface area contributed by atoms with Gasteiger partial charge in [-0.3, -0.25) is 10.1 Å². The third-order valence-electron chi connectivity index (χ3n) is 2.87. The molecule has 0 aromatic carbocycles. The fourth-order valence-corrected chi connectivity index (χ4v) is 1.92. The number of nitrogens with one attached hydrogen (secondary N) is 1. The quantitative estimate of drug-likeness (QED) is 0.700. The zero-order valence-corrected chi connectivity index (χ0v) is 8.21. The zero-order chi connectivity index (χ0) is 10.2. The second kappa shape index (κ2) is 3.24. The summed E-state index contributed by atoms with van der Waals surface area (Å²) in [6.45, 7) is 1.09. The minimum absolute atomic E-state index is 0.125. The third kappa shape index (κ3) is 1.48. The number of amides is 3. The number of carbonyl (C=O) groups excluding carboxylic acids is 2. The third-order valence-corrected chi connectivity index (χ3v) is 2.87. The van der Waals surface area contributed by atoms with Gasteiger partial charge in [-0.15, -0.1) is 0 Å². The Morgan fingerprint density at radius 2 is 2.21 bits per heavy atom. The largest absolute Gasteiger partial charge is 0.382 e. The summed E-state index contributed by atoms with van der Waals surface area (Å²) in [4.78, 5) is 24.2. The summed E-state index contributed by atoms with van der Waals surface area (Å²) in [6.07, 6.45) is 2.35. The van der Waals surface area contributed by atoms with Crippen LogP contribution in [0, 0.1) is 0 Å². The number of imide groups is 1. The fourth-order valence-electron chi connectivity index (χ4n) is 1.92. The standard InChI is InChI=1S/C9H14N2O3/c1-14-6-9(3-4-9)11-5-2-7(12)10-8(11)13/h2-6H2,1H3,(H,10,12,13). The molecule has 2 rings (SSSR count). The van der Waals surface area contributed by atoms with Gasteiger partial charge < -0.3 is 9.64 Å². The maximum atomic E-state index is 11.5. The van der Waals surface area contributed by atoms with Crippen molar-refractivity contribution in [1.29, 1.82) is 0 Å². The van der Waals surface area contributed by atoms with Crippen LogP contribution >= 0.6 is 0 Å². The number of ether oxygens (including phenoxy) is 1. The monoisotopic (exact) mass is 198 g/mol. The van der Waals surface area contributed by atoms with E-state index in [9.17, 15) is 9.59 Å². The number of hydrogen-bond acceptors (Lipinski definition) is 3. The van der Waals surface area contributed by atoms with E-state index >= 15 is 0 Å². The zero-order valence-electron chi connectivity index (χ0n) is 8.21. The van der Waals surface area contributed by atoms with Gasteiger partial charge in [-0.1, -0.05) is 0 Å². The van der Waals surface area contributed by atoms with Crippen LogP contribution in [-0.2, 0) is 9.53 Å². The van der Waals surface area contributed by atoms with E-state index in [2.05, 4.69) is 5.32 Å². The van der Waals surface area contributed by atoms with Crippen LogP contribution in [0.25, 0.3) is 0 Å². The summed E-state index contributed by atoms with van der Waals surface area (Å²) in [5, 5.41) is 2.33. The lowest BCUT2D eigenvalue weighted by molar-refractivity contribution is -0.122.